The third-order valence-corrected chi connectivity index (χ3v) is 7.01. The van der Waals surface area contributed by atoms with E-state index in [9.17, 15) is 13.2 Å². The molecule has 0 radical (unpaired) electrons. The molecule has 3 aromatic rings. The van der Waals surface area contributed by atoms with Crippen LogP contribution < -0.4 is 14.5 Å². The maximum Gasteiger partial charge on any atom is 0.264 e. The van der Waals surface area contributed by atoms with Gasteiger partial charge in [-0.3, -0.25) is 9.10 Å². The quantitative estimate of drug-likeness (QED) is 0.255. The highest BCUT2D eigenvalue weighted by Crippen LogP contribution is 2.26. The number of anilines is 1. The number of benzene rings is 3. The average Bonchev–Trinajstić information content (AvgIpc) is 2.81. The Balaban J connectivity index is 1.88. The van der Waals surface area contributed by atoms with Crippen LogP contribution in [0.3, 0.4) is 0 Å². The number of halogens is 1. The van der Waals surface area contributed by atoms with E-state index in [2.05, 4.69) is 33.1 Å². The van der Waals surface area contributed by atoms with Crippen molar-refractivity contribution in [3.8, 4) is 5.75 Å². The molecule has 32 heavy (non-hydrogen) atoms. The normalized spacial score (nSPS) is 11.7. The van der Waals surface area contributed by atoms with Crippen molar-refractivity contribution >= 4 is 49.9 Å². The molecule has 0 fully saturated rings. The van der Waals surface area contributed by atoms with Gasteiger partial charge in [0, 0.05) is 9.64 Å². The molecule has 0 saturated heterocycles. The molecule has 0 unspecified atom stereocenters. The first-order valence-corrected chi connectivity index (χ1v) is 12.1. The summed E-state index contributed by atoms with van der Waals surface area (Å²) in [5, 5.41) is 4.14. The van der Waals surface area contributed by atoms with Crippen molar-refractivity contribution in [2.75, 3.05) is 18.0 Å². The first-order valence-electron chi connectivity index (χ1n) is 9.62. The van der Waals surface area contributed by atoms with E-state index in [4.69, 9.17) is 4.74 Å². The van der Waals surface area contributed by atoms with E-state index in [0.29, 0.717) is 17.1 Å². The number of sulfonamides is 1. The third kappa shape index (κ3) is 5.86. The molecule has 3 aromatic carbocycles. The number of hydrazone groups is 1. The van der Waals surface area contributed by atoms with Crippen molar-refractivity contribution in [2.24, 2.45) is 5.10 Å². The van der Waals surface area contributed by atoms with Gasteiger partial charge < -0.3 is 4.74 Å². The van der Waals surface area contributed by atoms with Crippen LogP contribution in [0.25, 0.3) is 0 Å². The summed E-state index contributed by atoms with van der Waals surface area (Å²) in [5.74, 6) is -0.0963. The Labute approximate surface area is 201 Å². The molecule has 0 aliphatic heterocycles. The molecule has 0 aliphatic rings. The number of rotatable bonds is 8. The fraction of sp³-hybridized carbons (Fsp3) is 0.130. The molecular weight excluding hydrogens is 541 g/mol. The summed E-state index contributed by atoms with van der Waals surface area (Å²) in [4.78, 5) is 12.8. The molecule has 0 atom stereocenters. The summed E-state index contributed by atoms with van der Waals surface area (Å²) in [7, 11) is -2.51. The van der Waals surface area contributed by atoms with Gasteiger partial charge in [-0.15, -0.1) is 0 Å². The molecule has 9 heteroatoms. The first kappa shape index (κ1) is 23.7. The van der Waals surface area contributed by atoms with Crippen molar-refractivity contribution in [1.82, 2.24) is 5.43 Å². The predicted molar refractivity (Wildman–Crippen MR) is 133 cm³/mol. The van der Waals surface area contributed by atoms with Crippen LogP contribution in [0.1, 0.15) is 12.5 Å². The van der Waals surface area contributed by atoms with Gasteiger partial charge in [0.25, 0.3) is 15.9 Å². The lowest BCUT2D eigenvalue weighted by Crippen LogP contribution is -2.39. The largest absolute Gasteiger partial charge is 0.497 e. The molecule has 0 bridgehead atoms. The molecule has 7 nitrogen and oxygen atoms in total. The number of carbonyl (C=O) groups excluding carboxylic acids is 1. The van der Waals surface area contributed by atoms with E-state index >= 15 is 0 Å². The van der Waals surface area contributed by atoms with Gasteiger partial charge in [-0.2, -0.15) is 5.10 Å². The third-order valence-electron chi connectivity index (χ3n) is 4.55. The van der Waals surface area contributed by atoms with Crippen molar-refractivity contribution in [3.05, 3.63) is 88.0 Å². The number of amides is 1. The summed E-state index contributed by atoms with van der Waals surface area (Å²) in [5.41, 5.74) is 4.24. The number of ether oxygens (including phenoxy) is 1. The minimum Gasteiger partial charge on any atom is -0.497 e. The SMILES string of the molecule is COc1cccc(N(CC(=O)N/N=C(/C)c2cccc(I)c2)S(=O)(=O)c2ccccc2)c1. The summed E-state index contributed by atoms with van der Waals surface area (Å²) >= 11 is 2.20. The monoisotopic (exact) mass is 563 g/mol. The van der Waals surface area contributed by atoms with Crippen molar-refractivity contribution < 1.29 is 17.9 Å². The van der Waals surface area contributed by atoms with Crippen LogP contribution in [0.2, 0.25) is 0 Å². The number of nitrogens with one attached hydrogen (secondary N) is 1. The second-order valence-corrected chi connectivity index (χ2v) is 9.88. The smallest absolute Gasteiger partial charge is 0.264 e. The lowest BCUT2D eigenvalue weighted by molar-refractivity contribution is -0.119. The van der Waals surface area contributed by atoms with Crippen LogP contribution in [-0.2, 0) is 14.8 Å². The molecule has 0 aliphatic carbocycles. The Hall–Kier alpha value is -2.92. The average molecular weight is 563 g/mol. The topological polar surface area (TPSA) is 88.1 Å². The van der Waals surface area contributed by atoms with Crippen LogP contribution in [0, 0.1) is 3.57 Å². The van der Waals surface area contributed by atoms with E-state index in [1.54, 1.807) is 49.4 Å². The minimum atomic E-state index is -4.00. The highest BCUT2D eigenvalue weighted by atomic mass is 127. The Kier molecular flexibility index (Phi) is 7.86. The highest BCUT2D eigenvalue weighted by molar-refractivity contribution is 14.1. The number of methoxy groups -OCH3 is 1. The van der Waals surface area contributed by atoms with Gasteiger partial charge in [0.2, 0.25) is 0 Å². The van der Waals surface area contributed by atoms with E-state index in [0.717, 1.165) is 13.4 Å². The van der Waals surface area contributed by atoms with Crippen LogP contribution in [0.5, 0.6) is 5.75 Å². The fourth-order valence-electron chi connectivity index (χ4n) is 2.89. The van der Waals surface area contributed by atoms with Gasteiger partial charge in [-0.1, -0.05) is 36.4 Å². The van der Waals surface area contributed by atoms with Crippen LogP contribution in [-0.4, -0.2) is 33.7 Å². The molecule has 1 amide bonds. The van der Waals surface area contributed by atoms with Crippen molar-refractivity contribution in [3.63, 3.8) is 0 Å². The first-order chi connectivity index (χ1) is 15.3. The van der Waals surface area contributed by atoms with Gasteiger partial charge in [-0.25, -0.2) is 13.8 Å². The Morgan fingerprint density at radius 3 is 2.44 bits per heavy atom. The summed E-state index contributed by atoms with van der Waals surface area (Å²) < 4.78 is 34.0. The van der Waals surface area contributed by atoms with E-state index in [1.165, 1.54) is 19.2 Å². The lowest BCUT2D eigenvalue weighted by atomic mass is 10.1. The van der Waals surface area contributed by atoms with E-state index in [-0.39, 0.29) is 4.90 Å². The van der Waals surface area contributed by atoms with Gasteiger partial charge in [0.05, 0.1) is 23.4 Å². The molecule has 0 heterocycles. The molecular formula is C23H22IN3O4S. The van der Waals surface area contributed by atoms with Crippen LogP contribution in [0.15, 0.2) is 88.9 Å². The minimum absolute atomic E-state index is 0.0779. The van der Waals surface area contributed by atoms with E-state index < -0.39 is 22.5 Å². The van der Waals surface area contributed by atoms with Gasteiger partial charge in [-0.05, 0) is 71.5 Å². The molecule has 0 saturated carbocycles. The molecule has 3 rings (SSSR count). The molecule has 166 valence electrons. The number of hydrogen-bond acceptors (Lipinski definition) is 5. The van der Waals surface area contributed by atoms with Crippen LogP contribution in [0.4, 0.5) is 5.69 Å². The zero-order valence-corrected chi connectivity index (χ0v) is 20.5. The maximum absolute atomic E-state index is 13.3. The predicted octanol–water partition coefficient (Wildman–Crippen LogP) is 4.04. The number of hydrogen-bond donors (Lipinski definition) is 1. The standard InChI is InChI=1S/C23H22IN3O4S/c1-17(18-8-6-9-19(24)14-18)25-26-23(28)16-27(20-10-7-11-21(15-20)31-2)32(29,30)22-12-4-3-5-13-22/h3-15H,16H2,1-2H3,(H,26,28)/b25-17-. The van der Waals surface area contributed by atoms with Gasteiger partial charge in [0.15, 0.2) is 0 Å². The summed E-state index contributed by atoms with van der Waals surface area (Å²) in [6, 6.07) is 22.2. The molecule has 0 aromatic heterocycles. The number of nitrogens with zero attached hydrogens (tertiary/aromatic N) is 2. The Morgan fingerprint density at radius 1 is 1.03 bits per heavy atom. The lowest BCUT2D eigenvalue weighted by Gasteiger charge is -2.24. The highest BCUT2D eigenvalue weighted by Gasteiger charge is 2.27. The van der Waals surface area contributed by atoms with E-state index in [1.807, 2.05) is 24.3 Å². The zero-order chi connectivity index (χ0) is 23.1. The Bertz CT molecular complexity index is 1230. The summed E-state index contributed by atoms with van der Waals surface area (Å²) in [6.07, 6.45) is 0. The molecule has 0 spiro atoms. The second-order valence-electron chi connectivity index (χ2n) is 6.77. The maximum atomic E-state index is 13.3. The van der Waals surface area contributed by atoms with Gasteiger partial charge >= 0.3 is 0 Å². The second kappa shape index (κ2) is 10.6. The van der Waals surface area contributed by atoms with Gasteiger partial charge in [0.1, 0.15) is 12.3 Å². The zero-order valence-electron chi connectivity index (χ0n) is 17.5. The van der Waals surface area contributed by atoms with Crippen molar-refractivity contribution in [2.45, 2.75) is 11.8 Å². The Morgan fingerprint density at radius 2 is 1.75 bits per heavy atom. The number of carbonyl (C=O) groups is 1. The molecule has 1 N–H and O–H groups in total. The van der Waals surface area contributed by atoms with Crippen molar-refractivity contribution in [1.29, 1.82) is 0 Å². The summed E-state index contributed by atoms with van der Waals surface area (Å²) in [6.45, 7) is 1.32. The van der Waals surface area contributed by atoms with Crippen LogP contribution >= 0.6 is 22.6 Å². The fourth-order valence-corrected chi connectivity index (χ4v) is 4.87.